The maximum atomic E-state index is 11.7. The number of rotatable bonds is 5. The maximum Gasteiger partial charge on any atom is 1.00 e. The molecule has 2 rings (SSSR count). The van der Waals surface area contributed by atoms with Gasteiger partial charge in [-0.1, -0.05) is 30.3 Å². The van der Waals surface area contributed by atoms with E-state index >= 15 is 0 Å². The summed E-state index contributed by atoms with van der Waals surface area (Å²) < 4.78 is 42.1. The Balaban J connectivity index is 0.00000264. The molecule has 1 unspecified atom stereocenters. The average molecular weight is 352 g/mol. The summed E-state index contributed by atoms with van der Waals surface area (Å²) in [4.78, 5) is 23.4. The fraction of sp³-hybridized carbons (Fsp3) is 0.333. The number of methoxy groups -OCH3 is 1. The Morgan fingerprint density at radius 3 is 2.48 bits per heavy atom. The molecule has 0 spiro atoms. The van der Waals surface area contributed by atoms with Gasteiger partial charge in [0.1, 0.15) is 6.61 Å². The smallest absolute Gasteiger partial charge is 0.731 e. The number of alkyl carbamates (subject to hydrolysis) is 1. The van der Waals surface area contributed by atoms with E-state index < -0.39 is 34.6 Å². The van der Waals surface area contributed by atoms with Gasteiger partial charge in [-0.05, 0) is 5.56 Å². The first-order valence-corrected chi connectivity index (χ1v) is 7.47. The molecular formula is C12H13N2NaO7S. The first-order valence-electron chi connectivity index (χ1n) is 6.10. The minimum absolute atomic E-state index is 0. The van der Waals surface area contributed by atoms with E-state index in [-0.39, 0.29) is 40.5 Å². The van der Waals surface area contributed by atoms with Crippen LogP contribution in [0.4, 0.5) is 4.79 Å². The van der Waals surface area contributed by atoms with Gasteiger partial charge in [-0.15, -0.1) is 0 Å². The molecule has 2 amide bonds. The van der Waals surface area contributed by atoms with E-state index in [1.807, 2.05) is 0 Å². The van der Waals surface area contributed by atoms with E-state index in [0.717, 1.165) is 12.7 Å². The van der Waals surface area contributed by atoms with Crippen LogP contribution in [0.15, 0.2) is 30.3 Å². The number of carbonyl (C=O) groups is 2. The Kier molecular flexibility index (Phi) is 6.57. The number of β-lactam (4-membered cyclic amide) rings is 1. The Morgan fingerprint density at radius 2 is 2.00 bits per heavy atom. The van der Waals surface area contributed by atoms with E-state index in [0.29, 0.717) is 0 Å². The predicted octanol–water partition coefficient (Wildman–Crippen LogP) is -3.44. The zero-order chi connectivity index (χ0) is 16.4. The molecule has 11 heteroatoms. The van der Waals surface area contributed by atoms with Crippen LogP contribution in [0.3, 0.4) is 0 Å². The minimum atomic E-state index is -4.93. The van der Waals surface area contributed by atoms with E-state index in [1.165, 1.54) is 0 Å². The number of hydrogen-bond donors (Lipinski definition) is 1. The second-order valence-corrected chi connectivity index (χ2v) is 5.78. The predicted molar refractivity (Wildman–Crippen MR) is 70.9 cm³/mol. The summed E-state index contributed by atoms with van der Waals surface area (Å²) in [5, 5.41) is 2.12. The average Bonchev–Trinajstić information content (AvgIpc) is 2.48. The van der Waals surface area contributed by atoms with Crippen LogP contribution in [0.25, 0.3) is 0 Å². The second kappa shape index (κ2) is 7.60. The molecule has 1 aromatic carbocycles. The molecule has 1 fully saturated rings. The van der Waals surface area contributed by atoms with Gasteiger partial charge in [0.25, 0.3) is 5.91 Å². The van der Waals surface area contributed by atoms with Crippen molar-refractivity contribution in [2.45, 2.75) is 12.3 Å². The molecule has 1 atom stereocenters. The molecule has 23 heavy (non-hydrogen) atoms. The maximum absolute atomic E-state index is 11.7. The third-order valence-electron chi connectivity index (χ3n) is 3.07. The van der Waals surface area contributed by atoms with Crippen molar-refractivity contribution in [3.63, 3.8) is 0 Å². The van der Waals surface area contributed by atoms with Crippen LogP contribution in [0.5, 0.6) is 0 Å². The molecule has 0 radical (unpaired) electrons. The standard InChI is InChI=1S/C12H14N2O7S.Na/c1-20-12(8-14(10(12)15)22(17,18)19)13-11(16)21-7-9-5-3-2-4-6-9;/h2-6H,7-8H2,1H3,(H,13,16)(H,17,18,19);/q;+1/p-1. The molecular weight excluding hydrogens is 339 g/mol. The topological polar surface area (TPSA) is 125 Å². The van der Waals surface area contributed by atoms with E-state index in [4.69, 9.17) is 9.47 Å². The number of nitrogens with zero attached hydrogens (tertiary/aromatic N) is 1. The van der Waals surface area contributed by atoms with Crippen LogP contribution in [0.2, 0.25) is 0 Å². The summed E-state index contributed by atoms with van der Waals surface area (Å²) in [6.45, 7) is -0.640. The fourth-order valence-corrected chi connectivity index (χ4v) is 2.54. The molecule has 1 heterocycles. The largest absolute Gasteiger partial charge is 1.00 e. The van der Waals surface area contributed by atoms with Crippen molar-refractivity contribution in [1.82, 2.24) is 9.62 Å². The van der Waals surface area contributed by atoms with E-state index in [2.05, 4.69) is 5.32 Å². The molecule has 0 saturated carbocycles. The van der Waals surface area contributed by atoms with Gasteiger partial charge >= 0.3 is 35.7 Å². The van der Waals surface area contributed by atoms with Crippen molar-refractivity contribution < 1.29 is 61.6 Å². The van der Waals surface area contributed by atoms with Crippen molar-refractivity contribution in [2.24, 2.45) is 0 Å². The van der Waals surface area contributed by atoms with Gasteiger partial charge in [-0.25, -0.2) is 17.5 Å². The molecule has 0 aromatic heterocycles. The van der Waals surface area contributed by atoms with Crippen molar-refractivity contribution in [2.75, 3.05) is 13.7 Å². The summed E-state index contributed by atoms with van der Waals surface area (Å²) in [6.07, 6.45) is -0.970. The Labute approximate surface area is 155 Å². The van der Waals surface area contributed by atoms with Crippen molar-refractivity contribution in [3.05, 3.63) is 35.9 Å². The van der Waals surface area contributed by atoms with Gasteiger partial charge < -0.3 is 14.0 Å². The number of hydrogen-bond acceptors (Lipinski definition) is 7. The van der Waals surface area contributed by atoms with Gasteiger partial charge in [0.2, 0.25) is 5.72 Å². The molecule has 120 valence electrons. The van der Waals surface area contributed by atoms with Gasteiger partial charge in [-0.3, -0.25) is 10.1 Å². The monoisotopic (exact) mass is 352 g/mol. The first kappa shape index (κ1) is 19.9. The SMILES string of the molecule is COC1(NC(=O)OCc2ccccc2)CN(S(=O)(=O)[O-])C1=O.[Na+]. The Bertz CT molecular complexity index is 682. The van der Waals surface area contributed by atoms with E-state index in [9.17, 15) is 22.6 Å². The number of carbonyl (C=O) groups excluding carboxylic acids is 2. The molecule has 1 aromatic rings. The van der Waals surface area contributed by atoms with Gasteiger partial charge in [0.15, 0.2) is 10.3 Å². The Hall–Kier alpha value is -1.17. The quantitative estimate of drug-likeness (QED) is 0.253. The van der Waals surface area contributed by atoms with Gasteiger partial charge in [-0.2, -0.15) is 0 Å². The van der Waals surface area contributed by atoms with Crippen LogP contribution < -0.4 is 34.9 Å². The number of amides is 2. The normalized spacial score (nSPS) is 20.3. The molecule has 1 aliphatic heterocycles. The zero-order valence-electron chi connectivity index (χ0n) is 12.5. The molecule has 1 aliphatic rings. The van der Waals surface area contributed by atoms with Crippen LogP contribution in [-0.2, 0) is 31.2 Å². The molecule has 9 nitrogen and oxygen atoms in total. The fourth-order valence-electron chi connectivity index (χ4n) is 1.85. The third kappa shape index (κ3) is 4.43. The number of nitrogens with one attached hydrogen (secondary N) is 1. The number of benzene rings is 1. The zero-order valence-corrected chi connectivity index (χ0v) is 15.3. The van der Waals surface area contributed by atoms with Crippen LogP contribution in [0, 0.1) is 0 Å². The first-order chi connectivity index (χ1) is 10.3. The van der Waals surface area contributed by atoms with Crippen molar-refractivity contribution >= 4 is 22.3 Å². The summed E-state index contributed by atoms with van der Waals surface area (Å²) in [5.41, 5.74) is -1.17. The Morgan fingerprint density at radius 1 is 1.39 bits per heavy atom. The van der Waals surface area contributed by atoms with E-state index in [1.54, 1.807) is 30.3 Å². The third-order valence-corrected chi connectivity index (χ3v) is 3.91. The molecule has 1 saturated heterocycles. The van der Waals surface area contributed by atoms with Gasteiger partial charge in [0.05, 0.1) is 6.54 Å². The molecule has 0 aliphatic carbocycles. The van der Waals surface area contributed by atoms with Crippen molar-refractivity contribution in [1.29, 1.82) is 0 Å². The summed E-state index contributed by atoms with van der Waals surface area (Å²) in [5.74, 6) is -1.17. The van der Waals surface area contributed by atoms with Crippen LogP contribution >= 0.6 is 0 Å². The number of ether oxygens (including phenoxy) is 2. The summed E-state index contributed by atoms with van der Waals surface area (Å²) in [6, 6.07) is 8.80. The van der Waals surface area contributed by atoms with Gasteiger partial charge in [0, 0.05) is 7.11 Å². The molecule has 1 N–H and O–H groups in total. The minimum Gasteiger partial charge on any atom is -0.731 e. The summed E-state index contributed by atoms with van der Waals surface area (Å²) in [7, 11) is -3.82. The summed E-state index contributed by atoms with van der Waals surface area (Å²) >= 11 is 0. The van der Waals surface area contributed by atoms with Crippen molar-refractivity contribution in [3.8, 4) is 0 Å². The molecule has 0 bridgehead atoms. The van der Waals surface area contributed by atoms with Crippen LogP contribution in [-0.4, -0.2) is 48.7 Å². The van der Waals surface area contributed by atoms with Crippen LogP contribution in [0.1, 0.15) is 5.56 Å². The second-order valence-electron chi connectivity index (χ2n) is 4.49.